The Bertz CT molecular complexity index is 697. The van der Waals surface area contributed by atoms with Crippen LogP contribution in [0.5, 0.6) is 0 Å². The molecule has 100 valence electrons. The second-order valence-electron chi connectivity index (χ2n) is 3.64. The van der Waals surface area contributed by atoms with Crippen LogP contribution in [-0.4, -0.2) is 30.2 Å². The number of hydrogen-bond donors (Lipinski definition) is 0. The summed E-state index contributed by atoms with van der Waals surface area (Å²) in [6, 6.07) is 3.52. The number of rotatable bonds is 4. The van der Waals surface area contributed by atoms with Gasteiger partial charge in [0.1, 0.15) is 5.69 Å². The van der Waals surface area contributed by atoms with Crippen molar-refractivity contribution in [1.29, 1.82) is 0 Å². The number of pyridine rings is 1. The third kappa shape index (κ3) is 2.61. The fourth-order valence-corrected chi connectivity index (χ4v) is 2.36. The maximum atomic E-state index is 11.7. The van der Waals surface area contributed by atoms with Gasteiger partial charge in [-0.25, -0.2) is 13.1 Å². The van der Waals surface area contributed by atoms with Gasteiger partial charge in [0.2, 0.25) is 0 Å². The average molecular weight is 299 g/mol. The average Bonchev–Trinajstić information content (AvgIpc) is 2.81. The minimum absolute atomic E-state index is 0.0804. The van der Waals surface area contributed by atoms with Crippen LogP contribution >= 0.6 is 11.6 Å². The van der Waals surface area contributed by atoms with Gasteiger partial charge in [0, 0.05) is 18.7 Å². The number of halogens is 1. The van der Waals surface area contributed by atoms with Gasteiger partial charge in [-0.05, 0) is 12.1 Å². The van der Waals surface area contributed by atoms with E-state index in [2.05, 4.69) is 16.7 Å². The SMILES string of the molecule is C=CS(=O)(=O)N(C)c1cn(-c2cccnc2)nc1Cl. The number of aromatic nitrogens is 3. The summed E-state index contributed by atoms with van der Waals surface area (Å²) in [7, 11) is -2.22. The standard InChI is InChI=1S/C11H11ClN4O2S/c1-3-19(17,18)15(2)10-8-16(14-11(10)12)9-5-4-6-13-7-9/h3-8H,1H2,2H3. The number of hydrogen-bond acceptors (Lipinski definition) is 4. The van der Waals surface area contributed by atoms with Gasteiger partial charge in [0.05, 0.1) is 18.1 Å². The molecule has 0 saturated carbocycles. The smallest absolute Gasteiger partial charge is 0.256 e. The zero-order valence-electron chi connectivity index (χ0n) is 10.1. The van der Waals surface area contributed by atoms with Crippen molar-refractivity contribution in [1.82, 2.24) is 14.8 Å². The summed E-state index contributed by atoms with van der Waals surface area (Å²) in [6.45, 7) is 3.26. The van der Waals surface area contributed by atoms with Gasteiger partial charge in [-0.15, -0.1) is 0 Å². The first-order valence-corrected chi connectivity index (χ1v) is 7.11. The monoisotopic (exact) mass is 298 g/mol. The summed E-state index contributed by atoms with van der Waals surface area (Å²) < 4.78 is 25.9. The van der Waals surface area contributed by atoms with Crippen LogP contribution in [0.2, 0.25) is 5.15 Å². The summed E-state index contributed by atoms with van der Waals surface area (Å²) in [4.78, 5) is 3.96. The predicted molar refractivity (Wildman–Crippen MR) is 73.9 cm³/mol. The van der Waals surface area contributed by atoms with Gasteiger partial charge in [-0.3, -0.25) is 9.29 Å². The lowest BCUT2D eigenvalue weighted by Crippen LogP contribution is -2.23. The van der Waals surface area contributed by atoms with Crippen LogP contribution in [-0.2, 0) is 10.0 Å². The molecule has 0 saturated heterocycles. The second kappa shape index (κ2) is 5.02. The number of nitrogens with zero attached hydrogens (tertiary/aromatic N) is 4. The first-order valence-electron chi connectivity index (χ1n) is 5.22. The van der Waals surface area contributed by atoms with Crippen molar-refractivity contribution in [2.24, 2.45) is 0 Å². The molecule has 0 fully saturated rings. The molecule has 2 aromatic rings. The summed E-state index contributed by atoms with van der Waals surface area (Å²) >= 11 is 5.96. The largest absolute Gasteiger partial charge is 0.265 e. The molecule has 0 aliphatic heterocycles. The molecule has 8 heteroatoms. The molecule has 0 amide bonds. The summed E-state index contributed by atoms with van der Waals surface area (Å²) in [6.07, 6.45) is 4.74. The van der Waals surface area contributed by atoms with E-state index in [-0.39, 0.29) is 10.8 Å². The van der Waals surface area contributed by atoms with E-state index in [4.69, 9.17) is 11.6 Å². The molecule has 0 aromatic carbocycles. The molecule has 0 radical (unpaired) electrons. The van der Waals surface area contributed by atoms with E-state index in [1.54, 1.807) is 24.5 Å². The Kier molecular flexibility index (Phi) is 3.59. The molecule has 2 rings (SSSR count). The number of sulfonamides is 1. The highest BCUT2D eigenvalue weighted by Crippen LogP contribution is 2.27. The Balaban J connectivity index is 2.46. The maximum absolute atomic E-state index is 11.7. The Morgan fingerprint density at radius 1 is 1.53 bits per heavy atom. The molecule has 0 spiro atoms. The van der Waals surface area contributed by atoms with E-state index in [9.17, 15) is 8.42 Å². The maximum Gasteiger partial charge on any atom is 0.256 e. The third-order valence-corrected chi connectivity index (χ3v) is 4.14. The van der Waals surface area contributed by atoms with Gasteiger partial charge < -0.3 is 0 Å². The Hall–Kier alpha value is -1.86. The van der Waals surface area contributed by atoms with Crippen molar-refractivity contribution in [3.8, 4) is 5.69 Å². The van der Waals surface area contributed by atoms with Gasteiger partial charge in [-0.1, -0.05) is 18.2 Å². The van der Waals surface area contributed by atoms with Crippen molar-refractivity contribution in [2.75, 3.05) is 11.4 Å². The Labute approximate surface area is 116 Å². The van der Waals surface area contributed by atoms with E-state index in [1.807, 2.05) is 0 Å². The van der Waals surface area contributed by atoms with Crippen molar-refractivity contribution < 1.29 is 8.42 Å². The summed E-state index contributed by atoms with van der Waals surface area (Å²) in [5, 5.41) is 4.98. The highest BCUT2D eigenvalue weighted by molar-refractivity contribution is 7.95. The number of anilines is 1. The molecule has 0 atom stereocenters. The zero-order valence-corrected chi connectivity index (χ0v) is 11.6. The molecule has 6 nitrogen and oxygen atoms in total. The predicted octanol–water partition coefficient (Wildman–Crippen LogP) is 1.83. The molecule has 0 unspecified atom stereocenters. The van der Waals surface area contributed by atoms with E-state index in [1.165, 1.54) is 17.9 Å². The molecule has 19 heavy (non-hydrogen) atoms. The molecule has 2 aromatic heterocycles. The Morgan fingerprint density at radius 2 is 2.26 bits per heavy atom. The molecular weight excluding hydrogens is 288 g/mol. The highest BCUT2D eigenvalue weighted by atomic mass is 35.5. The van der Waals surface area contributed by atoms with Crippen LogP contribution in [0.3, 0.4) is 0 Å². The van der Waals surface area contributed by atoms with Crippen molar-refractivity contribution in [3.63, 3.8) is 0 Å². The van der Waals surface area contributed by atoms with Gasteiger partial charge in [-0.2, -0.15) is 5.10 Å². The van der Waals surface area contributed by atoms with Crippen LogP contribution in [0.4, 0.5) is 5.69 Å². The highest BCUT2D eigenvalue weighted by Gasteiger charge is 2.20. The third-order valence-electron chi connectivity index (χ3n) is 2.49. The molecular formula is C11H11ClN4O2S. The van der Waals surface area contributed by atoms with E-state index in [0.717, 1.165) is 9.71 Å². The zero-order chi connectivity index (χ0) is 14.0. The minimum Gasteiger partial charge on any atom is -0.265 e. The van der Waals surface area contributed by atoms with Gasteiger partial charge in [0.25, 0.3) is 10.0 Å². The molecule has 0 N–H and O–H groups in total. The molecule has 0 aliphatic carbocycles. The molecule has 0 bridgehead atoms. The van der Waals surface area contributed by atoms with E-state index in [0.29, 0.717) is 5.69 Å². The fourth-order valence-electron chi connectivity index (χ4n) is 1.43. The van der Waals surface area contributed by atoms with Crippen LogP contribution in [0.15, 0.2) is 42.7 Å². The van der Waals surface area contributed by atoms with Crippen LogP contribution in [0, 0.1) is 0 Å². The van der Waals surface area contributed by atoms with Gasteiger partial charge >= 0.3 is 0 Å². The van der Waals surface area contributed by atoms with E-state index >= 15 is 0 Å². The molecule has 0 aliphatic rings. The summed E-state index contributed by atoms with van der Waals surface area (Å²) in [5.74, 6) is 0. The first kappa shape index (κ1) is 13.6. The topological polar surface area (TPSA) is 68.1 Å². The normalized spacial score (nSPS) is 11.3. The van der Waals surface area contributed by atoms with Gasteiger partial charge in [0.15, 0.2) is 5.15 Å². The minimum atomic E-state index is -3.60. The summed E-state index contributed by atoms with van der Waals surface area (Å²) in [5.41, 5.74) is 0.950. The van der Waals surface area contributed by atoms with Crippen LogP contribution in [0.25, 0.3) is 5.69 Å². The first-order chi connectivity index (χ1) is 8.95. The van der Waals surface area contributed by atoms with Crippen molar-refractivity contribution >= 4 is 27.3 Å². The van der Waals surface area contributed by atoms with Crippen LogP contribution in [0.1, 0.15) is 0 Å². The lowest BCUT2D eigenvalue weighted by Gasteiger charge is -2.14. The molecule has 2 heterocycles. The lowest BCUT2D eigenvalue weighted by molar-refractivity contribution is 0.603. The Morgan fingerprint density at radius 3 is 2.84 bits per heavy atom. The lowest BCUT2D eigenvalue weighted by atomic mass is 10.4. The van der Waals surface area contributed by atoms with E-state index < -0.39 is 10.0 Å². The van der Waals surface area contributed by atoms with Crippen LogP contribution < -0.4 is 4.31 Å². The van der Waals surface area contributed by atoms with Crippen molar-refractivity contribution in [2.45, 2.75) is 0 Å². The quantitative estimate of drug-likeness (QED) is 0.863. The van der Waals surface area contributed by atoms with Crippen molar-refractivity contribution in [3.05, 3.63) is 47.9 Å². The second-order valence-corrected chi connectivity index (χ2v) is 5.91. The fraction of sp³-hybridized carbons (Fsp3) is 0.0909.